The van der Waals surface area contributed by atoms with E-state index in [1.807, 2.05) is 32.1 Å². The van der Waals surface area contributed by atoms with Crippen LogP contribution in [0.5, 0.6) is 0 Å². The normalized spacial score (nSPS) is 25.9. The van der Waals surface area contributed by atoms with Crippen LogP contribution in [0.25, 0.3) is 0 Å². The molecule has 2 aliphatic carbocycles. The van der Waals surface area contributed by atoms with Crippen molar-refractivity contribution in [3.63, 3.8) is 0 Å². The Morgan fingerprint density at radius 3 is 2.34 bits per heavy atom. The summed E-state index contributed by atoms with van der Waals surface area (Å²) < 4.78 is 117. The monoisotopic (exact) mass is 935 g/mol. The Morgan fingerprint density at radius 1 is 0.968 bits per heavy atom. The van der Waals surface area contributed by atoms with Gasteiger partial charge in [-0.3, -0.25) is 4.79 Å². The summed E-state index contributed by atoms with van der Waals surface area (Å²) in [4.78, 5) is 14.1. The smallest absolute Gasteiger partial charge is 0.308 e. The van der Waals surface area contributed by atoms with Crippen molar-refractivity contribution >= 4 is 65.5 Å². The van der Waals surface area contributed by atoms with E-state index < -0.39 is 81.8 Å². The summed E-state index contributed by atoms with van der Waals surface area (Å²) in [5.74, 6) is -2.77. The SMILES string of the molecule is CC(=O)OC(=C\C=C\C1CCCC2(C)c3cc(S(=O)(=O)[O-])ccc3N(CC(O)CS(=O)(=O)[O-])C12)/C=C/C=C1\CCCC2(C)C1=[N+](CC(O)CS(=O)(=O)[O-])c1ccc(SO[O-])cc12. The number of allylic oxidation sites excluding steroid dienone is 6. The summed E-state index contributed by atoms with van der Waals surface area (Å²) >= 11 is 0.642. The molecule has 6 atom stereocenters. The van der Waals surface area contributed by atoms with E-state index in [1.54, 1.807) is 45.9 Å². The molecule has 0 bridgehead atoms. The number of esters is 1. The molecule has 338 valence electrons. The fraction of sp³-hybridized carbons (Fsp3) is 0.463. The molecule has 2 fully saturated rings. The molecule has 2 aromatic carbocycles. The highest BCUT2D eigenvalue weighted by atomic mass is 32.2. The van der Waals surface area contributed by atoms with E-state index in [4.69, 9.17) is 4.74 Å². The Hall–Kier alpha value is -3.74. The van der Waals surface area contributed by atoms with Crippen molar-refractivity contribution in [3.8, 4) is 0 Å². The van der Waals surface area contributed by atoms with E-state index in [-0.39, 0.29) is 24.8 Å². The van der Waals surface area contributed by atoms with Crippen LogP contribution in [0, 0.1) is 5.92 Å². The summed E-state index contributed by atoms with van der Waals surface area (Å²) in [5, 5.41) is 32.5. The number of aliphatic hydroxyl groups is 2. The Balaban J connectivity index is 1.33. The number of benzene rings is 2. The van der Waals surface area contributed by atoms with Crippen LogP contribution < -0.4 is 10.2 Å². The molecule has 0 amide bonds. The minimum absolute atomic E-state index is 0.155. The van der Waals surface area contributed by atoms with Gasteiger partial charge in [0, 0.05) is 64.8 Å². The molecule has 2 aliphatic heterocycles. The van der Waals surface area contributed by atoms with Gasteiger partial charge in [-0.25, -0.2) is 25.3 Å². The highest BCUT2D eigenvalue weighted by Crippen LogP contribution is 2.55. The molecular formula is C41H47N2O15S4-3. The lowest BCUT2D eigenvalue weighted by atomic mass is 9.65. The molecule has 6 unspecified atom stereocenters. The van der Waals surface area contributed by atoms with Gasteiger partial charge in [0.2, 0.25) is 5.69 Å². The van der Waals surface area contributed by atoms with Crippen molar-refractivity contribution in [1.29, 1.82) is 0 Å². The fourth-order valence-electron chi connectivity index (χ4n) is 9.86. The molecule has 21 heteroatoms. The van der Waals surface area contributed by atoms with Crippen molar-refractivity contribution in [1.82, 2.24) is 0 Å². The van der Waals surface area contributed by atoms with Crippen LogP contribution in [0.4, 0.5) is 11.4 Å². The highest BCUT2D eigenvalue weighted by Gasteiger charge is 2.54. The number of ether oxygens (including phenoxy) is 1. The summed E-state index contributed by atoms with van der Waals surface area (Å²) in [6, 6.07) is 8.70. The Kier molecular flexibility index (Phi) is 14.2. The second-order valence-corrected chi connectivity index (χ2v) is 21.6. The van der Waals surface area contributed by atoms with Crippen molar-refractivity contribution in [2.75, 3.05) is 29.5 Å². The fourth-order valence-corrected chi connectivity index (χ4v) is 11.9. The lowest BCUT2D eigenvalue weighted by molar-refractivity contribution is -0.630. The van der Waals surface area contributed by atoms with Gasteiger partial charge in [-0.05, 0) is 93.0 Å². The maximum Gasteiger partial charge on any atom is 0.308 e. The van der Waals surface area contributed by atoms with E-state index in [2.05, 4.69) is 4.33 Å². The Morgan fingerprint density at radius 2 is 1.68 bits per heavy atom. The average Bonchev–Trinajstić information content (AvgIpc) is 3.54. The van der Waals surface area contributed by atoms with Crippen LogP contribution in [-0.2, 0) is 55.0 Å². The molecule has 0 saturated heterocycles. The standard InChI is InChI=1S/C41H50N2O15S4/c1-26(44)57-31(12-4-8-27-10-6-18-40(2)34-20-32(59-58-47)14-16-36(34)42(38(27)40)22-29(45)24-60(48,49)50)13-5-9-28-11-7-19-41(3)35-21-33(62(54,55)56)15-17-37(35)43(39(28)41)23-30(46)25-61(51,52)53/h4-5,8-9,12-17,20-21,28-30,39,45-46H,6-7,10-11,18-19,22-25H2,1-3H3,(H3-,47,48,49,50,51,52,53,54,55,56)/p-3/b9-5+,12-4+,27-8+,31-13-. The molecular weight excluding hydrogens is 889 g/mol. The molecule has 17 nitrogen and oxygen atoms in total. The van der Waals surface area contributed by atoms with Gasteiger partial charge in [0.25, 0.3) is 0 Å². The average molecular weight is 936 g/mol. The van der Waals surface area contributed by atoms with Crippen molar-refractivity contribution in [2.24, 2.45) is 5.92 Å². The molecule has 2 N–H and O–H groups in total. The number of anilines is 1. The maximum absolute atomic E-state index is 12.3. The second-order valence-electron chi connectivity index (χ2n) is 16.5. The zero-order valence-electron chi connectivity index (χ0n) is 34.0. The van der Waals surface area contributed by atoms with E-state index in [0.717, 1.165) is 29.3 Å². The Bertz CT molecular complexity index is 2590. The predicted octanol–water partition coefficient (Wildman–Crippen LogP) is 2.67. The number of carbonyl (C=O) groups is 1. The van der Waals surface area contributed by atoms with Gasteiger partial charge in [-0.1, -0.05) is 37.6 Å². The number of fused-ring (bicyclic) bond motifs is 6. The third-order valence-electron chi connectivity index (χ3n) is 12.0. The van der Waals surface area contributed by atoms with Gasteiger partial charge >= 0.3 is 5.97 Å². The number of carbonyl (C=O) groups excluding carboxylic acids is 1. The van der Waals surface area contributed by atoms with Gasteiger partial charge in [-0.15, -0.1) is 0 Å². The molecule has 4 aliphatic rings. The number of hydrogen-bond acceptors (Lipinski definition) is 17. The Labute approximate surface area is 365 Å². The first-order chi connectivity index (χ1) is 28.9. The predicted molar refractivity (Wildman–Crippen MR) is 222 cm³/mol. The van der Waals surface area contributed by atoms with E-state index in [1.165, 1.54) is 19.1 Å². The van der Waals surface area contributed by atoms with Gasteiger partial charge < -0.3 is 43.1 Å². The zero-order valence-corrected chi connectivity index (χ0v) is 37.3. The van der Waals surface area contributed by atoms with Gasteiger partial charge in [0.15, 0.2) is 12.3 Å². The third-order valence-corrected chi connectivity index (χ3v) is 15.0. The van der Waals surface area contributed by atoms with E-state index in [0.29, 0.717) is 66.0 Å². The number of hydrogen-bond donors (Lipinski definition) is 2. The molecule has 2 heterocycles. The first-order valence-electron chi connectivity index (χ1n) is 19.7. The third kappa shape index (κ3) is 10.6. The number of aliphatic hydroxyl groups excluding tert-OH is 2. The first-order valence-corrected chi connectivity index (χ1v) is 25.0. The largest absolute Gasteiger partial charge is 0.748 e. The zero-order chi connectivity index (χ0) is 45.4. The topological polar surface area (TPSA) is 277 Å². The summed E-state index contributed by atoms with van der Waals surface area (Å²) in [6.07, 6.45) is 11.0. The van der Waals surface area contributed by atoms with Crippen LogP contribution in [0.15, 0.2) is 94.0 Å². The lowest BCUT2D eigenvalue weighted by Gasteiger charge is -2.45. The number of rotatable bonds is 16. The van der Waals surface area contributed by atoms with Gasteiger partial charge in [0.05, 0.1) is 48.2 Å². The molecule has 0 aromatic heterocycles. The molecule has 0 radical (unpaired) electrons. The van der Waals surface area contributed by atoms with E-state index >= 15 is 0 Å². The molecule has 2 saturated carbocycles. The van der Waals surface area contributed by atoms with Crippen LogP contribution in [0.1, 0.15) is 70.4 Å². The number of β-amino-alcohol motifs (C(OH)–C–C–N with tert-alkyl or cyclic N) is 2. The van der Waals surface area contributed by atoms with Crippen molar-refractivity contribution in [3.05, 3.63) is 95.3 Å². The molecule has 6 rings (SSSR count). The maximum atomic E-state index is 12.3. The number of nitrogens with zero attached hydrogens (tertiary/aromatic N) is 2. The highest BCUT2D eigenvalue weighted by molar-refractivity contribution is 7.94. The molecule has 0 spiro atoms. The summed E-state index contributed by atoms with van der Waals surface area (Å²) in [7, 11) is -14.4. The van der Waals surface area contributed by atoms with Crippen LogP contribution in [0.2, 0.25) is 0 Å². The van der Waals surface area contributed by atoms with Crippen molar-refractivity contribution < 1.29 is 72.8 Å². The van der Waals surface area contributed by atoms with Gasteiger partial charge in [0.1, 0.15) is 22.0 Å². The van der Waals surface area contributed by atoms with Gasteiger partial charge in [-0.2, -0.15) is 4.58 Å². The first kappa shape index (κ1) is 47.7. The van der Waals surface area contributed by atoms with E-state index in [9.17, 15) is 59.2 Å². The minimum atomic E-state index is -4.82. The van der Waals surface area contributed by atoms with Crippen LogP contribution in [-0.4, -0.2) is 108 Å². The summed E-state index contributed by atoms with van der Waals surface area (Å²) in [6.45, 7) is 4.69. The molecule has 2 aromatic rings. The van der Waals surface area contributed by atoms with Crippen LogP contribution >= 0.6 is 12.0 Å². The molecule has 62 heavy (non-hydrogen) atoms. The minimum Gasteiger partial charge on any atom is -0.748 e. The van der Waals surface area contributed by atoms with Crippen LogP contribution in [0.3, 0.4) is 0 Å². The second kappa shape index (κ2) is 18.4. The summed E-state index contributed by atoms with van der Waals surface area (Å²) in [5.41, 5.74) is 2.77. The lowest BCUT2D eigenvalue weighted by Crippen LogP contribution is -2.52. The van der Waals surface area contributed by atoms with Crippen molar-refractivity contribution in [2.45, 2.75) is 98.2 Å². The quantitative estimate of drug-likeness (QED) is 0.0358.